The summed E-state index contributed by atoms with van der Waals surface area (Å²) < 4.78 is 1.75. The van der Waals surface area contributed by atoms with Gasteiger partial charge in [0.25, 0.3) is 0 Å². The van der Waals surface area contributed by atoms with E-state index in [1.165, 1.54) is 0 Å². The van der Waals surface area contributed by atoms with Crippen LogP contribution in [0.15, 0.2) is 12.4 Å². The fraction of sp³-hybridized carbons (Fsp3) is 0.556. The van der Waals surface area contributed by atoms with Gasteiger partial charge >= 0.3 is 5.97 Å². The van der Waals surface area contributed by atoms with Crippen LogP contribution >= 0.6 is 11.8 Å². The second-order valence-corrected chi connectivity index (χ2v) is 4.67. The molecule has 0 bridgehead atoms. The molecule has 0 saturated carbocycles. The maximum Gasteiger partial charge on any atom is 0.304 e. The standard InChI is InChI=1S/C9H14N2O2S/c1-7(3-9(12)13)14-6-8-4-10-11(2)5-8/h4-5,7H,3,6H2,1-2H3,(H,12,13). The van der Waals surface area contributed by atoms with Crippen LogP contribution in [-0.4, -0.2) is 26.1 Å². The minimum atomic E-state index is -0.740. The van der Waals surface area contributed by atoms with Crippen LogP contribution in [0.3, 0.4) is 0 Å². The lowest BCUT2D eigenvalue weighted by molar-refractivity contribution is -0.136. The number of hydrogen-bond acceptors (Lipinski definition) is 3. The summed E-state index contributed by atoms with van der Waals surface area (Å²) in [5.41, 5.74) is 1.13. The van der Waals surface area contributed by atoms with E-state index in [0.29, 0.717) is 0 Å². The van der Waals surface area contributed by atoms with Crippen molar-refractivity contribution in [3.05, 3.63) is 18.0 Å². The molecule has 1 rings (SSSR count). The predicted molar refractivity (Wildman–Crippen MR) is 56.2 cm³/mol. The first-order chi connectivity index (χ1) is 6.58. The molecular weight excluding hydrogens is 200 g/mol. The van der Waals surface area contributed by atoms with E-state index in [-0.39, 0.29) is 11.7 Å². The Morgan fingerprint density at radius 3 is 3.00 bits per heavy atom. The normalized spacial score (nSPS) is 12.7. The lowest BCUT2D eigenvalue weighted by atomic mass is 10.3. The van der Waals surface area contributed by atoms with Gasteiger partial charge < -0.3 is 5.11 Å². The molecule has 0 aliphatic heterocycles. The molecule has 1 aromatic rings. The van der Waals surface area contributed by atoms with Gasteiger partial charge in [-0.3, -0.25) is 9.48 Å². The maximum atomic E-state index is 10.4. The number of carboxylic acid groups (broad SMARTS) is 1. The lowest BCUT2D eigenvalue weighted by Crippen LogP contribution is -2.05. The number of rotatable bonds is 5. The topological polar surface area (TPSA) is 55.1 Å². The highest BCUT2D eigenvalue weighted by Gasteiger charge is 2.08. The molecule has 1 N–H and O–H groups in total. The van der Waals surface area contributed by atoms with Crippen molar-refractivity contribution in [3.63, 3.8) is 0 Å². The fourth-order valence-corrected chi connectivity index (χ4v) is 1.98. The molecule has 78 valence electrons. The summed E-state index contributed by atoms with van der Waals surface area (Å²) in [4.78, 5) is 10.4. The molecule has 0 fully saturated rings. The lowest BCUT2D eigenvalue weighted by Gasteiger charge is -2.06. The first-order valence-electron chi connectivity index (χ1n) is 4.39. The zero-order valence-corrected chi connectivity index (χ0v) is 9.12. The molecule has 0 aliphatic rings. The minimum Gasteiger partial charge on any atom is -0.481 e. The van der Waals surface area contributed by atoms with E-state index in [1.54, 1.807) is 22.6 Å². The van der Waals surface area contributed by atoms with Gasteiger partial charge in [0, 0.05) is 24.2 Å². The number of aliphatic carboxylic acids is 1. The fourth-order valence-electron chi connectivity index (χ4n) is 1.09. The Kier molecular flexibility index (Phi) is 4.00. The molecule has 4 nitrogen and oxygen atoms in total. The van der Waals surface area contributed by atoms with Crippen LogP contribution in [0.25, 0.3) is 0 Å². The van der Waals surface area contributed by atoms with E-state index >= 15 is 0 Å². The van der Waals surface area contributed by atoms with Crippen molar-refractivity contribution < 1.29 is 9.90 Å². The maximum absolute atomic E-state index is 10.4. The van der Waals surface area contributed by atoms with Crippen LogP contribution in [0.4, 0.5) is 0 Å². The zero-order valence-electron chi connectivity index (χ0n) is 8.30. The Morgan fingerprint density at radius 2 is 2.50 bits per heavy atom. The summed E-state index contributed by atoms with van der Waals surface area (Å²) >= 11 is 1.64. The SMILES string of the molecule is CC(CC(=O)O)SCc1cnn(C)c1. The third kappa shape index (κ3) is 3.83. The highest BCUT2D eigenvalue weighted by molar-refractivity contribution is 7.99. The zero-order chi connectivity index (χ0) is 10.6. The van der Waals surface area contributed by atoms with Crippen LogP contribution < -0.4 is 0 Å². The van der Waals surface area contributed by atoms with Gasteiger partial charge in [-0.1, -0.05) is 6.92 Å². The largest absolute Gasteiger partial charge is 0.481 e. The number of aromatic nitrogens is 2. The Hall–Kier alpha value is -0.970. The molecule has 0 radical (unpaired) electrons. The number of hydrogen-bond donors (Lipinski definition) is 1. The van der Waals surface area contributed by atoms with Crippen molar-refractivity contribution in [2.24, 2.45) is 7.05 Å². The highest BCUT2D eigenvalue weighted by Crippen LogP contribution is 2.19. The first-order valence-corrected chi connectivity index (χ1v) is 5.43. The summed E-state index contributed by atoms with van der Waals surface area (Å²) in [6, 6.07) is 0. The number of nitrogens with zero attached hydrogens (tertiary/aromatic N) is 2. The van der Waals surface area contributed by atoms with Gasteiger partial charge in [0.1, 0.15) is 0 Å². The van der Waals surface area contributed by atoms with Crippen molar-refractivity contribution in [2.45, 2.75) is 24.3 Å². The third-order valence-corrected chi connectivity index (χ3v) is 2.99. The van der Waals surface area contributed by atoms with Gasteiger partial charge in [-0.05, 0) is 5.56 Å². The third-order valence-electron chi connectivity index (χ3n) is 1.75. The number of carboxylic acids is 1. The summed E-state index contributed by atoms with van der Waals surface area (Å²) in [5.74, 6) is 0.0821. The summed E-state index contributed by atoms with van der Waals surface area (Å²) in [7, 11) is 1.87. The first kappa shape index (κ1) is 11.1. The van der Waals surface area contributed by atoms with Gasteiger partial charge in [0.15, 0.2) is 0 Å². The molecule has 0 aliphatic carbocycles. The molecule has 0 amide bonds. The van der Waals surface area contributed by atoms with E-state index in [0.717, 1.165) is 11.3 Å². The molecule has 1 unspecified atom stereocenters. The van der Waals surface area contributed by atoms with E-state index in [9.17, 15) is 4.79 Å². The van der Waals surface area contributed by atoms with Gasteiger partial charge in [-0.2, -0.15) is 16.9 Å². The van der Waals surface area contributed by atoms with Crippen molar-refractivity contribution in [1.82, 2.24) is 9.78 Å². The molecule has 5 heteroatoms. The summed E-state index contributed by atoms with van der Waals surface area (Å²) in [5, 5.41) is 12.7. The van der Waals surface area contributed by atoms with Gasteiger partial charge in [0.05, 0.1) is 12.6 Å². The van der Waals surface area contributed by atoms with Crippen molar-refractivity contribution in [3.8, 4) is 0 Å². The smallest absolute Gasteiger partial charge is 0.304 e. The predicted octanol–water partition coefficient (Wildman–Crippen LogP) is 1.52. The average Bonchev–Trinajstić information content (AvgIpc) is 2.47. The molecule has 1 aromatic heterocycles. The van der Waals surface area contributed by atoms with Crippen LogP contribution in [-0.2, 0) is 17.6 Å². The molecule has 0 aromatic carbocycles. The van der Waals surface area contributed by atoms with Crippen LogP contribution in [0, 0.1) is 0 Å². The van der Waals surface area contributed by atoms with Crippen LogP contribution in [0.1, 0.15) is 18.9 Å². The second-order valence-electron chi connectivity index (χ2n) is 3.24. The van der Waals surface area contributed by atoms with Crippen molar-refractivity contribution >= 4 is 17.7 Å². The second kappa shape index (κ2) is 5.05. The van der Waals surface area contributed by atoms with Crippen LogP contribution in [0.5, 0.6) is 0 Å². The Labute approximate surface area is 87.3 Å². The molecule has 14 heavy (non-hydrogen) atoms. The summed E-state index contributed by atoms with van der Waals surface area (Å²) in [6.45, 7) is 1.93. The van der Waals surface area contributed by atoms with E-state index < -0.39 is 5.97 Å². The average molecular weight is 214 g/mol. The van der Waals surface area contributed by atoms with E-state index in [1.807, 2.05) is 20.2 Å². The van der Waals surface area contributed by atoms with E-state index in [4.69, 9.17) is 5.11 Å². The van der Waals surface area contributed by atoms with Crippen LogP contribution in [0.2, 0.25) is 0 Å². The summed E-state index contributed by atoms with van der Waals surface area (Å²) in [6.07, 6.45) is 3.96. The van der Waals surface area contributed by atoms with Gasteiger partial charge in [-0.15, -0.1) is 0 Å². The highest BCUT2D eigenvalue weighted by atomic mass is 32.2. The van der Waals surface area contributed by atoms with Crippen molar-refractivity contribution in [2.75, 3.05) is 0 Å². The number of thioether (sulfide) groups is 1. The molecule has 1 atom stereocenters. The molecule has 1 heterocycles. The minimum absolute atomic E-state index is 0.146. The van der Waals surface area contributed by atoms with Crippen molar-refractivity contribution in [1.29, 1.82) is 0 Å². The Balaban J connectivity index is 2.30. The molecule has 0 saturated heterocycles. The van der Waals surface area contributed by atoms with Gasteiger partial charge in [0.2, 0.25) is 0 Å². The number of aryl methyl sites for hydroxylation is 1. The van der Waals surface area contributed by atoms with Gasteiger partial charge in [-0.25, -0.2) is 0 Å². The van der Waals surface area contributed by atoms with E-state index in [2.05, 4.69) is 5.10 Å². The quantitative estimate of drug-likeness (QED) is 0.807. The Bertz CT molecular complexity index is 312. The Morgan fingerprint density at radius 1 is 1.79 bits per heavy atom. The monoisotopic (exact) mass is 214 g/mol. The molecule has 0 spiro atoms. The molecular formula is C9H14N2O2S. The number of carbonyl (C=O) groups is 1.